The maximum absolute atomic E-state index is 13.3. The van der Waals surface area contributed by atoms with E-state index in [4.69, 9.17) is 0 Å². The van der Waals surface area contributed by atoms with Crippen molar-refractivity contribution in [3.05, 3.63) is 112 Å². The minimum Gasteiger partial charge on any atom is -0.353 e. The molecule has 0 unspecified atom stereocenters. The first-order valence-corrected chi connectivity index (χ1v) is 14.4. The molecule has 1 saturated heterocycles. The lowest BCUT2D eigenvalue weighted by molar-refractivity contribution is 0.0938. The highest BCUT2D eigenvalue weighted by Gasteiger charge is 2.29. The number of halogens is 2. The lowest BCUT2D eigenvalue weighted by Crippen LogP contribution is -2.39. The monoisotopic (exact) mass is 589 g/mol. The van der Waals surface area contributed by atoms with E-state index in [0.717, 1.165) is 41.9 Å². The van der Waals surface area contributed by atoms with Crippen LogP contribution in [-0.2, 0) is 6.54 Å². The molecule has 0 spiro atoms. The first-order valence-electron chi connectivity index (χ1n) is 14.4. The van der Waals surface area contributed by atoms with Gasteiger partial charge in [0.1, 0.15) is 23.0 Å². The Labute approximate surface area is 249 Å². The molecule has 1 amide bonds. The number of carbonyl (C=O) groups excluding carboxylic acids is 1. The topological polar surface area (TPSA) is 89.5 Å². The first-order chi connectivity index (χ1) is 20.8. The zero-order chi connectivity index (χ0) is 31.1. The number of rotatable bonds is 5. The number of imidazole rings is 1. The molecular weight excluding hydrogens is 552 g/mol. The Morgan fingerprint density at radius 2 is 1.70 bits per heavy atom. The summed E-state index contributed by atoms with van der Waals surface area (Å²) < 4.78 is 29.1. The molecule has 11 heteroatoms. The molecule has 4 heterocycles. The summed E-state index contributed by atoms with van der Waals surface area (Å²) in [6.45, 7) is 11.8. The number of benzene rings is 2. The highest BCUT2D eigenvalue weighted by atomic mass is 19.1. The minimum atomic E-state index is -0.537. The van der Waals surface area contributed by atoms with Crippen LogP contribution < -0.4 is 15.8 Å². The molecule has 9 nitrogen and oxygen atoms in total. The number of nitrogens with zero attached hydrogens (tertiary/aromatic N) is 6. The third kappa shape index (κ3) is 6.82. The predicted molar refractivity (Wildman–Crippen MR) is 164 cm³/mol. The zero-order valence-corrected chi connectivity index (χ0v) is 25.1. The lowest BCUT2D eigenvalue weighted by Gasteiger charge is -2.18. The van der Waals surface area contributed by atoms with E-state index in [-0.39, 0.29) is 23.1 Å². The molecule has 0 saturated carbocycles. The van der Waals surface area contributed by atoms with Gasteiger partial charge in [-0.25, -0.2) is 23.0 Å². The van der Waals surface area contributed by atoms with E-state index in [0.29, 0.717) is 18.8 Å². The van der Waals surface area contributed by atoms with Crippen LogP contribution in [0.25, 0.3) is 11.3 Å². The summed E-state index contributed by atoms with van der Waals surface area (Å²) >= 11 is 0. The van der Waals surface area contributed by atoms with Gasteiger partial charge in [-0.05, 0) is 63.6 Å². The van der Waals surface area contributed by atoms with Gasteiger partial charge < -0.3 is 10.2 Å². The number of fused-ring (bicyclic) bond motifs is 1. The second kappa shape index (κ2) is 13.9. The van der Waals surface area contributed by atoms with Crippen LogP contribution in [0, 0.1) is 25.5 Å². The van der Waals surface area contributed by atoms with E-state index in [1.54, 1.807) is 10.9 Å². The lowest BCUT2D eigenvalue weighted by atomic mass is 10.2. The average molecular weight is 590 g/mol. The molecule has 6 rings (SSSR count). The number of para-hydroxylation sites is 1. The van der Waals surface area contributed by atoms with Gasteiger partial charge in [-0.15, -0.1) is 5.10 Å². The van der Waals surface area contributed by atoms with Crippen LogP contribution in [0.3, 0.4) is 0 Å². The third-order valence-corrected chi connectivity index (χ3v) is 7.08. The molecular formula is C32H37F2N7O2. The summed E-state index contributed by atoms with van der Waals surface area (Å²) in [4.78, 5) is 32.9. The Kier molecular flexibility index (Phi) is 10.1. The van der Waals surface area contributed by atoms with E-state index < -0.39 is 11.6 Å². The predicted octanol–water partition coefficient (Wildman–Crippen LogP) is 5.32. The summed E-state index contributed by atoms with van der Waals surface area (Å²) in [6.07, 6.45) is 2.58. The van der Waals surface area contributed by atoms with Crippen molar-refractivity contribution >= 4 is 17.4 Å². The summed E-state index contributed by atoms with van der Waals surface area (Å²) in [6, 6.07) is 17.8. The van der Waals surface area contributed by atoms with Crippen LogP contribution in [-0.4, -0.2) is 49.0 Å². The molecule has 0 bridgehead atoms. The summed E-state index contributed by atoms with van der Waals surface area (Å²) in [5.74, 6) is -0.551. The van der Waals surface area contributed by atoms with Crippen molar-refractivity contribution in [1.82, 2.24) is 29.3 Å². The highest BCUT2D eigenvalue weighted by molar-refractivity contribution is 5.95. The van der Waals surface area contributed by atoms with Gasteiger partial charge in [-0.3, -0.25) is 14.3 Å². The number of anilines is 1. The number of aryl methyl sites for hydroxylation is 1. The zero-order valence-electron chi connectivity index (χ0n) is 25.1. The third-order valence-electron chi connectivity index (χ3n) is 7.08. The highest BCUT2D eigenvalue weighted by Crippen LogP contribution is 2.20. The van der Waals surface area contributed by atoms with E-state index in [1.807, 2.05) is 86.3 Å². The Balaban J connectivity index is 0.000000364. The summed E-state index contributed by atoms with van der Waals surface area (Å²) in [5, 5.41) is 7.77. The average Bonchev–Trinajstić information content (AvgIpc) is 3.70. The van der Waals surface area contributed by atoms with Gasteiger partial charge in [-0.2, -0.15) is 0 Å². The standard InChI is InChI=1S/C24H27N7O2.C6H4F2.C2H6/c1-4-29-17(3)22(24(33)31(29)19-8-6-5-7-9-19)23(32)26-18-12-13-28(15-18)21-11-10-20-25-14-16(2)30(20)27-21;7-5-2-1-3-6(8)4-5;1-2/h5-11,14,18H,4,12-13,15H2,1-3H3,(H,26,32);1-4H;1-2H3/t18-;;/m0../s1. The molecule has 0 radical (unpaired) electrons. The van der Waals surface area contributed by atoms with Gasteiger partial charge in [0.15, 0.2) is 5.65 Å². The SMILES string of the molecule is CC.CCn1c(C)c(C(=O)N[C@H]2CCN(c3ccc4ncc(C)n4n3)C2)c(=O)n1-c1ccccc1.Fc1cccc(F)c1. The second-order valence-electron chi connectivity index (χ2n) is 9.83. The van der Waals surface area contributed by atoms with Gasteiger partial charge in [0.25, 0.3) is 11.5 Å². The number of carbonyl (C=O) groups is 1. The van der Waals surface area contributed by atoms with Crippen molar-refractivity contribution in [2.24, 2.45) is 0 Å². The van der Waals surface area contributed by atoms with E-state index in [1.165, 1.54) is 18.2 Å². The molecule has 1 aliphatic rings. The van der Waals surface area contributed by atoms with E-state index >= 15 is 0 Å². The van der Waals surface area contributed by atoms with Gasteiger partial charge in [0.2, 0.25) is 0 Å². The van der Waals surface area contributed by atoms with Gasteiger partial charge in [-0.1, -0.05) is 38.1 Å². The molecule has 0 aliphatic carbocycles. The van der Waals surface area contributed by atoms with Crippen molar-refractivity contribution in [3.8, 4) is 5.69 Å². The molecule has 1 fully saturated rings. The Morgan fingerprint density at radius 3 is 2.33 bits per heavy atom. The molecule has 1 N–H and O–H groups in total. The number of nitrogens with one attached hydrogen (secondary N) is 1. The van der Waals surface area contributed by atoms with Crippen LogP contribution in [0.5, 0.6) is 0 Å². The van der Waals surface area contributed by atoms with Crippen molar-refractivity contribution in [3.63, 3.8) is 0 Å². The fraction of sp³-hybridized carbons (Fsp3) is 0.312. The maximum Gasteiger partial charge on any atom is 0.284 e. The Hall–Kier alpha value is -4.80. The molecule has 1 atom stereocenters. The minimum absolute atomic E-state index is 0.0622. The van der Waals surface area contributed by atoms with Gasteiger partial charge in [0, 0.05) is 31.7 Å². The molecule has 1 aliphatic heterocycles. The van der Waals surface area contributed by atoms with Crippen LogP contribution in [0.15, 0.2) is 77.7 Å². The van der Waals surface area contributed by atoms with Crippen molar-refractivity contribution in [2.45, 2.75) is 53.6 Å². The second-order valence-corrected chi connectivity index (χ2v) is 9.83. The fourth-order valence-corrected chi connectivity index (χ4v) is 5.07. The molecule has 5 aromatic rings. The molecule has 43 heavy (non-hydrogen) atoms. The number of hydrogen-bond donors (Lipinski definition) is 1. The van der Waals surface area contributed by atoms with Crippen LogP contribution >= 0.6 is 0 Å². The quantitative estimate of drug-likeness (QED) is 0.300. The van der Waals surface area contributed by atoms with Crippen LogP contribution in [0.1, 0.15) is 48.9 Å². The van der Waals surface area contributed by atoms with Crippen molar-refractivity contribution in [2.75, 3.05) is 18.0 Å². The maximum atomic E-state index is 13.3. The Bertz CT molecular complexity index is 1730. The first kappa shape index (κ1) is 31.1. The van der Waals surface area contributed by atoms with Gasteiger partial charge in [0.05, 0.1) is 23.3 Å². The largest absolute Gasteiger partial charge is 0.353 e. The molecule has 3 aromatic heterocycles. The van der Waals surface area contributed by atoms with Crippen LogP contribution in [0.2, 0.25) is 0 Å². The summed E-state index contributed by atoms with van der Waals surface area (Å²) in [7, 11) is 0. The number of amides is 1. The van der Waals surface area contributed by atoms with Gasteiger partial charge >= 0.3 is 0 Å². The molecule has 2 aromatic carbocycles. The summed E-state index contributed by atoms with van der Waals surface area (Å²) in [5.41, 5.74) is 3.10. The Morgan fingerprint density at radius 1 is 1.00 bits per heavy atom. The van der Waals surface area contributed by atoms with Crippen molar-refractivity contribution in [1.29, 1.82) is 0 Å². The van der Waals surface area contributed by atoms with Crippen molar-refractivity contribution < 1.29 is 13.6 Å². The fourth-order valence-electron chi connectivity index (χ4n) is 5.07. The normalized spacial score (nSPS) is 14.1. The van der Waals surface area contributed by atoms with Crippen LogP contribution in [0.4, 0.5) is 14.6 Å². The smallest absolute Gasteiger partial charge is 0.284 e. The van der Waals surface area contributed by atoms with E-state index in [9.17, 15) is 18.4 Å². The molecule has 226 valence electrons. The number of hydrogen-bond acceptors (Lipinski definition) is 5. The number of aromatic nitrogens is 5. The van der Waals surface area contributed by atoms with E-state index in [2.05, 4.69) is 20.3 Å².